The summed E-state index contributed by atoms with van der Waals surface area (Å²) in [6.07, 6.45) is 1.58. The fraction of sp³-hybridized carbons (Fsp3) is 0.435. The Kier molecular flexibility index (Phi) is 6.50. The average Bonchev–Trinajstić information content (AvgIpc) is 3.12. The lowest BCUT2D eigenvalue weighted by molar-refractivity contribution is -0.139. The van der Waals surface area contributed by atoms with Crippen LogP contribution in [0, 0.1) is 0 Å². The Morgan fingerprint density at radius 2 is 2.10 bits per heavy atom. The molecule has 0 unspecified atom stereocenters. The van der Waals surface area contributed by atoms with Crippen molar-refractivity contribution < 1.29 is 14.3 Å². The summed E-state index contributed by atoms with van der Waals surface area (Å²) in [5, 5.41) is 1.23. The molecule has 0 radical (unpaired) electrons. The van der Waals surface area contributed by atoms with E-state index in [-0.39, 0.29) is 22.9 Å². The molecule has 0 N–H and O–H groups in total. The van der Waals surface area contributed by atoms with Crippen LogP contribution in [-0.2, 0) is 33.8 Å². The van der Waals surface area contributed by atoms with Crippen molar-refractivity contribution in [2.75, 3.05) is 12.4 Å². The van der Waals surface area contributed by atoms with E-state index in [9.17, 15) is 9.59 Å². The molecule has 8 heteroatoms. The third-order valence-corrected chi connectivity index (χ3v) is 7.67. The van der Waals surface area contributed by atoms with Gasteiger partial charge in [0.25, 0.3) is 5.56 Å². The highest BCUT2D eigenvalue weighted by Gasteiger charge is 2.33. The monoisotopic (exact) mass is 458 g/mol. The number of nitrogens with zero attached hydrogens (tertiary/aromatic N) is 2. The number of esters is 1. The number of aromatic nitrogens is 2. The number of benzene rings is 1. The molecule has 2 aromatic heterocycles. The van der Waals surface area contributed by atoms with E-state index in [1.165, 1.54) is 23.1 Å². The van der Waals surface area contributed by atoms with E-state index >= 15 is 0 Å². The number of thioether (sulfide) groups is 1. The van der Waals surface area contributed by atoms with Gasteiger partial charge in [-0.15, -0.1) is 11.3 Å². The van der Waals surface area contributed by atoms with Crippen molar-refractivity contribution in [1.82, 2.24) is 9.55 Å². The van der Waals surface area contributed by atoms with Gasteiger partial charge in [-0.1, -0.05) is 49.0 Å². The van der Waals surface area contributed by atoms with Crippen molar-refractivity contribution in [3.05, 3.63) is 56.7 Å². The number of carbonyl (C=O) groups excluding carboxylic acids is 1. The molecule has 0 bridgehead atoms. The Hall–Kier alpha value is -2.16. The largest absolute Gasteiger partial charge is 0.465 e. The van der Waals surface area contributed by atoms with Crippen LogP contribution in [0.15, 0.2) is 40.3 Å². The number of ether oxygens (including phenoxy) is 2. The second-order valence-electron chi connectivity index (χ2n) is 7.82. The summed E-state index contributed by atoms with van der Waals surface area (Å²) in [4.78, 5) is 32.3. The van der Waals surface area contributed by atoms with Gasteiger partial charge in [0, 0.05) is 11.3 Å². The molecular weight excluding hydrogens is 432 g/mol. The molecule has 0 saturated carbocycles. The van der Waals surface area contributed by atoms with Gasteiger partial charge in [0.05, 0.1) is 36.5 Å². The highest BCUT2D eigenvalue weighted by molar-refractivity contribution is 7.99. The second kappa shape index (κ2) is 9.14. The first-order valence-corrected chi connectivity index (χ1v) is 12.3. The van der Waals surface area contributed by atoms with E-state index in [2.05, 4.69) is 13.8 Å². The molecule has 164 valence electrons. The second-order valence-corrected chi connectivity index (χ2v) is 9.84. The summed E-state index contributed by atoms with van der Waals surface area (Å²) in [5.74, 6) is -0.200. The van der Waals surface area contributed by atoms with Gasteiger partial charge in [0.1, 0.15) is 4.83 Å². The molecule has 0 fully saturated rings. The first-order valence-electron chi connectivity index (χ1n) is 10.5. The third kappa shape index (κ3) is 4.56. The van der Waals surface area contributed by atoms with Crippen LogP contribution >= 0.6 is 23.1 Å². The normalized spacial score (nSPS) is 18.2. The summed E-state index contributed by atoms with van der Waals surface area (Å²) >= 11 is 2.77. The first kappa shape index (κ1) is 22.0. The van der Waals surface area contributed by atoms with E-state index in [1.54, 1.807) is 11.5 Å². The zero-order valence-corrected chi connectivity index (χ0v) is 19.6. The molecule has 4 rings (SSSR count). The standard InChI is InChI=1S/C23H26N2O4S2/c1-4-23(3)11-16-17(13-29-23)31-20-19(16)21(27)25(12-15-9-7-6-8-10-15)22(24-20)30-14-18(26)28-5-2/h6-10H,4-5,11-14H2,1-3H3/t23-/m1/s1. The summed E-state index contributed by atoms with van der Waals surface area (Å²) in [6.45, 7) is 7.22. The molecule has 1 aliphatic heterocycles. The summed E-state index contributed by atoms with van der Waals surface area (Å²) in [7, 11) is 0. The van der Waals surface area contributed by atoms with Crippen LogP contribution in [0.4, 0.5) is 0 Å². The maximum absolute atomic E-state index is 13.7. The fourth-order valence-electron chi connectivity index (χ4n) is 3.70. The van der Waals surface area contributed by atoms with Crippen LogP contribution in [0.5, 0.6) is 0 Å². The maximum Gasteiger partial charge on any atom is 0.316 e. The van der Waals surface area contributed by atoms with Gasteiger partial charge >= 0.3 is 5.97 Å². The number of thiophene rings is 1. The topological polar surface area (TPSA) is 70.4 Å². The number of carbonyl (C=O) groups is 1. The minimum Gasteiger partial charge on any atom is -0.465 e. The highest BCUT2D eigenvalue weighted by Crippen LogP contribution is 2.38. The lowest BCUT2D eigenvalue weighted by Crippen LogP contribution is -2.34. The van der Waals surface area contributed by atoms with E-state index in [0.717, 1.165) is 27.3 Å². The Balaban J connectivity index is 1.81. The lowest BCUT2D eigenvalue weighted by Gasteiger charge is -2.32. The van der Waals surface area contributed by atoms with Gasteiger partial charge in [0.2, 0.25) is 0 Å². The Morgan fingerprint density at radius 3 is 2.81 bits per heavy atom. The van der Waals surface area contributed by atoms with Crippen LogP contribution in [-0.4, -0.2) is 33.5 Å². The summed E-state index contributed by atoms with van der Waals surface area (Å²) < 4.78 is 12.8. The predicted molar refractivity (Wildman–Crippen MR) is 124 cm³/mol. The van der Waals surface area contributed by atoms with Crippen molar-refractivity contribution in [2.24, 2.45) is 0 Å². The number of fused-ring (bicyclic) bond motifs is 3. The number of hydrogen-bond acceptors (Lipinski definition) is 7. The zero-order valence-electron chi connectivity index (χ0n) is 18.0. The average molecular weight is 459 g/mol. The third-order valence-electron chi connectivity index (χ3n) is 5.62. The molecule has 0 saturated heterocycles. The van der Waals surface area contributed by atoms with Crippen molar-refractivity contribution in [1.29, 1.82) is 0 Å². The minimum atomic E-state index is -0.314. The van der Waals surface area contributed by atoms with Gasteiger partial charge < -0.3 is 9.47 Å². The van der Waals surface area contributed by atoms with E-state index in [1.807, 2.05) is 30.3 Å². The van der Waals surface area contributed by atoms with Crippen LogP contribution in [0.3, 0.4) is 0 Å². The van der Waals surface area contributed by atoms with Gasteiger partial charge in [-0.05, 0) is 31.4 Å². The van der Waals surface area contributed by atoms with Crippen molar-refractivity contribution >= 4 is 39.3 Å². The molecule has 0 aliphatic carbocycles. The fourth-order valence-corrected chi connectivity index (χ4v) is 5.64. The van der Waals surface area contributed by atoms with Gasteiger partial charge in [-0.25, -0.2) is 4.98 Å². The Bertz CT molecular complexity index is 1160. The molecular formula is C23H26N2O4S2. The van der Waals surface area contributed by atoms with Gasteiger partial charge in [0.15, 0.2) is 5.16 Å². The van der Waals surface area contributed by atoms with Crippen molar-refractivity contribution in [3.8, 4) is 0 Å². The molecule has 0 amide bonds. The SMILES string of the molecule is CCOC(=O)CSc1nc2sc3c(c2c(=O)n1Cc1ccccc1)C[C@@](C)(CC)OC3. The molecule has 1 aliphatic rings. The first-order chi connectivity index (χ1) is 14.9. The number of hydrogen-bond donors (Lipinski definition) is 0. The molecule has 3 aromatic rings. The van der Waals surface area contributed by atoms with Crippen LogP contribution < -0.4 is 5.56 Å². The molecule has 1 aromatic carbocycles. The minimum absolute atomic E-state index is 0.0573. The predicted octanol–water partition coefficient (Wildman–Crippen LogP) is 4.40. The summed E-state index contributed by atoms with van der Waals surface area (Å²) in [6, 6.07) is 9.83. The van der Waals surface area contributed by atoms with Gasteiger partial charge in [-0.3, -0.25) is 14.2 Å². The molecule has 3 heterocycles. The Morgan fingerprint density at radius 1 is 1.32 bits per heavy atom. The molecule has 6 nitrogen and oxygen atoms in total. The maximum atomic E-state index is 13.7. The quantitative estimate of drug-likeness (QED) is 0.297. The van der Waals surface area contributed by atoms with Gasteiger partial charge in [-0.2, -0.15) is 0 Å². The highest BCUT2D eigenvalue weighted by atomic mass is 32.2. The van der Waals surface area contributed by atoms with E-state index < -0.39 is 0 Å². The molecule has 31 heavy (non-hydrogen) atoms. The number of rotatable bonds is 7. The van der Waals surface area contributed by atoms with E-state index in [4.69, 9.17) is 14.5 Å². The van der Waals surface area contributed by atoms with E-state index in [0.29, 0.717) is 36.7 Å². The Labute approximate surface area is 189 Å². The molecule has 1 atom stereocenters. The van der Waals surface area contributed by atoms with Crippen LogP contribution in [0.1, 0.15) is 43.2 Å². The van der Waals surface area contributed by atoms with Crippen molar-refractivity contribution in [3.63, 3.8) is 0 Å². The van der Waals surface area contributed by atoms with Crippen LogP contribution in [0.2, 0.25) is 0 Å². The van der Waals surface area contributed by atoms with Crippen LogP contribution in [0.25, 0.3) is 10.2 Å². The molecule has 0 spiro atoms. The zero-order chi connectivity index (χ0) is 22.0. The van der Waals surface area contributed by atoms with Crippen molar-refractivity contribution in [2.45, 2.75) is 57.5 Å². The summed E-state index contributed by atoms with van der Waals surface area (Å²) in [5.41, 5.74) is 1.75. The smallest absolute Gasteiger partial charge is 0.316 e. The lowest BCUT2D eigenvalue weighted by atomic mass is 9.90.